The van der Waals surface area contributed by atoms with E-state index in [1.165, 1.54) is 11.8 Å². The molecule has 1 aromatic heterocycles. The summed E-state index contributed by atoms with van der Waals surface area (Å²) in [5.41, 5.74) is 0.944. The van der Waals surface area contributed by atoms with Gasteiger partial charge in [-0.3, -0.25) is 4.79 Å². The summed E-state index contributed by atoms with van der Waals surface area (Å²) in [4.78, 5) is 19.9. The van der Waals surface area contributed by atoms with E-state index in [4.69, 9.17) is 0 Å². The quantitative estimate of drug-likeness (QED) is 0.786. The number of aromatic nitrogens is 2. The van der Waals surface area contributed by atoms with Crippen LogP contribution in [0, 0.1) is 6.92 Å². The fourth-order valence-electron chi connectivity index (χ4n) is 1.35. The third kappa shape index (κ3) is 5.35. The largest absolute Gasteiger partial charge is 0.370 e. The lowest BCUT2D eigenvalue weighted by molar-refractivity contribution is -0.118. The van der Waals surface area contributed by atoms with Crippen LogP contribution >= 0.6 is 11.8 Å². The number of amides is 1. The van der Waals surface area contributed by atoms with Crippen LogP contribution in [0.2, 0.25) is 0 Å². The molecule has 0 aromatic carbocycles. The van der Waals surface area contributed by atoms with Crippen molar-refractivity contribution in [1.82, 2.24) is 15.3 Å². The van der Waals surface area contributed by atoms with Gasteiger partial charge in [0.1, 0.15) is 11.6 Å². The summed E-state index contributed by atoms with van der Waals surface area (Å²) < 4.78 is 0. The van der Waals surface area contributed by atoms with Crippen LogP contribution < -0.4 is 10.6 Å². The number of carbonyl (C=O) groups is 1. The molecule has 1 aromatic rings. The van der Waals surface area contributed by atoms with Crippen molar-refractivity contribution in [2.45, 2.75) is 26.0 Å². The Morgan fingerprint density at radius 1 is 1.44 bits per heavy atom. The second-order valence-electron chi connectivity index (χ2n) is 3.90. The van der Waals surface area contributed by atoms with E-state index in [2.05, 4.69) is 27.5 Å². The molecule has 1 rings (SSSR count). The molecule has 0 radical (unpaired) electrons. The summed E-state index contributed by atoms with van der Waals surface area (Å²) >= 11 is 1.52. The zero-order chi connectivity index (χ0) is 13.4. The molecular weight excluding hydrogens is 248 g/mol. The maximum absolute atomic E-state index is 11.1. The van der Waals surface area contributed by atoms with Crippen LogP contribution in [0.25, 0.3) is 0 Å². The number of rotatable bonds is 7. The molecule has 0 saturated heterocycles. The van der Waals surface area contributed by atoms with Crippen LogP contribution in [0.4, 0.5) is 5.82 Å². The smallest absolute Gasteiger partial charge is 0.229 e. The van der Waals surface area contributed by atoms with Crippen LogP contribution in [0.15, 0.2) is 6.07 Å². The Labute approximate surface area is 112 Å². The van der Waals surface area contributed by atoms with Crippen molar-refractivity contribution in [2.75, 3.05) is 24.7 Å². The van der Waals surface area contributed by atoms with E-state index in [1.807, 2.05) is 13.0 Å². The number of aryl methyl sites for hydroxylation is 1. The zero-order valence-corrected chi connectivity index (χ0v) is 11.9. The number of hydrogen-bond donors (Lipinski definition) is 2. The number of thioether (sulfide) groups is 1. The molecule has 6 heteroatoms. The highest BCUT2D eigenvalue weighted by atomic mass is 32.2. The zero-order valence-electron chi connectivity index (χ0n) is 11.1. The molecule has 0 atom stereocenters. The van der Waals surface area contributed by atoms with E-state index in [9.17, 15) is 4.79 Å². The Morgan fingerprint density at radius 2 is 2.22 bits per heavy atom. The molecule has 2 N–H and O–H groups in total. The first-order chi connectivity index (χ1) is 8.65. The molecule has 0 fully saturated rings. The Hall–Kier alpha value is -1.30. The van der Waals surface area contributed by atoms with Gasteiger partial charge in [0.2, 0.25) is 5.91 Å². The van der Waals surface area contributed by atoms with Crippen molar-refractivity contribution in [2.24, 2.45) is 0 Å². The summed E-state index contributed by atoms with van der Waals surface area (Å²) in [6.45, 7) is 4.97. The Kier molecular flexibility index (Phi) is 6.49. The molecular formula is C12H20N4OS. The summed E-state index contributed by atoms with van der Waals surface area (Å²) in [6.07, 6.45) is 1.06. The van der Waals surface area contributed by atoms with Gasteiger partial charge in [-0.05, 0) is 13.3 Å². The molecule has 1 amide bonds. The van der Waals surface area contributed by atoms with Gasteiger partial charge in [0.15, 0.2) is 0 Å². The topological polar surface area (TPSA) is 66.9 Å². The minimum Gasteiger partial charge on any atom is -0.370 e. The number of hydrogen-bond acceptors (Lipinski definition) is 5. The summed E-state index contributed by atoms with van der Waals surface area (Å²) in [6, 6.07) is 1.93. The first kappa shape index (κ1) is 14.8. The van der Waals surface area contributed by atoms with Crippen molar-refractivity contribution in [3.8, 4) is 0 Å². The SMILES string of the molecule is CCCNc1cc(C)nc(CSCC(=O)NC)n1. The first-order valence-corrected chi connectivity index (χ1v) is 7.18. The highest BCUT2D eigenvalue weighted by molar-refractivity contribution is 7.99. The lowest BCUT2D eigenvalue weighted by Gasteiger charge is -2.07. The lowest BCUT2D eigenvalue weighted by atomic mass is 10.4. The standard InChI is InChI=1S/C12H20N4OS/c1-4-5-14-10-6-9(2)15-11(16-10)7-18-8-12(17)13-3/h6H,4-5,7-8H2,1-3H3,(H,13,17)(H,14,15,16). The van der Waals surface area contributed by atoms with Gasteiger partial charge in [-0.2, -0.15) is 0 Å². The second-order valence-corrected chi connectivity index (χ2v) is 4.89. The third-order valence-electron chi connectivity index (χ3n) is 2.20. The predicted octanol–water partition coefficient (Wildman–Crippen LogP) is 1.59. The normalized spacial score (nSPS) is 10.2. The van der Waals surface area contributed by atoms with E-state index >= 15 is 0 Å². The van der Waals surface area contributed by atoms with E-state index < -0.39 is 0 Å². The molecule has 0 aliphatic carbocycles. The third-order valence-corrected chi connectivity index (χ3v) is 3.13. The van der Waals surface area contributed by atoms with Crippen LogP contribution in [0.1, 0.15) is 24.9 Å². The van der Waals surface area contributed by atoms with Crippen molar-refractivity contribution in [1.29, 1.82) is 0 Å². The predicted molar refractivity (Wildman–Crippen MR) is 75.8 cm³/mol. The lowest BCUT2D eigenvalue weighted by Crippen LogP contribution is -2.20. The van der Waals surface area contributed by atoms with Gasteiger partial charge in [-0.15, -0.1) is 11.8 Å². The van der Waals surface area contributed by atoms with Crippen LogP contribution in [0.3, 0.4) is 0 Å². The molecule has 0 bridgehead atoms. The first-order valence-electron chi connectivity index (χ1n) is 6.02. The average Bonchev–Trinajstić information content (AvgIpc) is 2.35. The second kappa shape index (κ2) is 7.92. The number of nitrogens with one attached hydrogen (secondary N) is 2. The summed E-state index contributed by atoms with van der Waals surface area (Å²) in [7, 11) is 1.64. The van der Waals surface area contributed by atoms with Gasteiger partial charge >= 0.3 is 0 Å². The van der Waals surface area contributed by atoms with Crippen molar-refractivity contribution >= 4 is 23.5 Å². The van der Waals surface area contributed by atoms with E-state index in [0.29, 0.717) is 11.5 Å². The molecule has 100 valence electrons. The van der Waals surface area contributed by atoms with Gasteiger partial charge in [-0.25, -0.2) is 9.97 Å². The number of anilines is 1. The molecule has 0 aliphatic rings. The van der Waals surface area contributed by atoms with Gasteiger partial charge in [0.25, 0.3) is 0 Å². The molecule has 0 saturated carbocycles. The molecule has 1 heterocycles. The van der Waals surface area contributed by atoms with Gasteiger partial charge in [0.05, 0.1) is 11.5 Å². The Bertz CT molecular complexity index is 398. The monoisotopic (exact) mass is 268 g/mol. The number of nitrogens with zero attached hydrogens (tertiary/aromatic N) is 2. The highest BCUT2D eigenvalue weighted by Gasteiger charge is 2.04. The minimum absolute atomic E-state index is 0.0250. The van der Waals surface area contributed by atoms with Gasteiger partial charge in [-0.1, -0.05) is 6.92 Å². The fourth-order valence-corrected chi connectivity index (χ4v) is 2.09. The van der Waals surface area contributed by atoms with Crippen LogP contribution in [-0.2, 0) is 10.5 Å². The Balaban J connectivity index is 2.54. The molecule has 0 spiro atoms. The van der Waals surface area contributed by atoms with Crippen molar-refractivity contribution in [3.05, 3.63) is 17.6 Å². The van der Waals surface area contributed by atoms with E-state index in [-0.39, 0.29) is 5.91 Å². The van der Waals surface area contributed by atoms with Gasteiger partial charge in [0, 0.05) is 25.4 Å². The number of carbonyl (C=O) groups excluding carboxylic acids is 1. The van der Waals surface area contributed by atoms with E-state index in [1.54, 1.807) is 7.05 Å². The fraction of sp³-hybridized carbons (Fsp3) is 0.583. The summed E-state index contributed by atoms with van der Waals surface area (Å²) in [5, 5.41) is 5.84. The maximum atomic E-state index is 11.1. The molecule has 0 unspecified atom stereocenters. The average molecular weight is 268 g/mol. The Morgan fingerprint density at radius 3 is 2.89 bits per heavy atom. The molecule has 18 heavy (non-hydrogen) atoms. The van der Waals surface area contributed by atoms with E-state index in [0.717, 1.165) is 30.3 Å². The highest BCUT2D eigenvalue weighted by Crippen LogP contribution is 2.12. The van der Waals surface area contributed by atoms with Crippen LogP contribution in [0.5, 0.6) is 0 Å². The van der Waals surface area contributed by atoms with Crippen LogP contribution in [-0.4, -0.2) is 35.2 Å². The van der Waals surface area contributed by atoms with Crippen molar-refractivity contribution in [3.63, 3.8) is 0 Å². The maximum Gasteiger partial charge on any atom is 0.229 e. The van der Waals surface area contributed by atoms with Gasteiger partial charge < -0.3 is 10.6 Å². The minimum atomic E-state index is 0.0250. The molecule has 0 aliphatic heterocycles. The van der Waals surface area contributed by atoms with Crippen molar-refractivity contribution < 1.29 is 4.79 Å². The summed E-state index contributed by atoms with van der Waals surface area (Å²) in [5.74, 6) is 2.74. The molecule has 5 nitrogen and oxygen atoms in total.